The Morgan fingerprint density at radius 1 is 0.279 bits per heavy atom. The second-order valence-electron chi connectivity index (χ2n) is 17.2. The van der Waals surface area contributed by atoms with Crippen LogP contribution in [0.1, 0.15) is 0 Å². The third-order valence-corrected chi connectivity index (χ3v) is 14.2. The van der Waals surface area contributed by atoms with E-state index in [1.54, 1.807) is 0 Å². The number of para-hydroxylation sites is 2. The van der Waals surface area contributed by atoms with Crippen molar-refractivity contribution >= 4 is 53.3 Å². The fraction of sp³-hybridized carbons (Fsp3) is 0. The molecule has 0 atom stereocenters. The van der Waals surface area contributed by atoms with Gasteiger partial charge in [-0.3, -0.25) is 0 Å². The first-order valence-corrected chi connectivity index (χ1v) is 23.7. The first-order valence-electron chi connectivity index (χ1n) is 22.9. The van der Waals surface area contributed by atoms with Crippen LogP contribution >= 0.6 is 11.3 Å². The summed E-state index contributed by atoms with van der Waals surface area (Å²) < 4.78 is 4.89. The molecule has 0 saturated carbocycles. The Hall–Kier alpha value is -8.77. The Kier molecular flexibility index (Phi) is 9.66. The zero-order valence-electron chi connectivity index (χ0n) is 36.8. The number of benzene rings is 10. The highest BCUT2D eigenvalue weighted by Gasteiger charge is 2.21. The maximum absolute atomic E-state index is 5.32. The Balaban J connectivity index is 1.04. The summed E-state index contributed by atoms with van der Waals surface area (Å²) in [6.45, 7) is 0. The molecule has 3 aromatic heterocycles. The topological polar surface area (TPSA) is 43.6 Å². The quantitative estimate of drug-likeness (QED) is 0.153. The highest BCUT2D eigenvalue weighted by Crippen LogP contribution is 2.46. The summed E-state index contributed by atoms with van der Waals surface area (Å²) >= 11 is 1.85. The summed E-state index contributed by atoms with van der Waals surface area (Å²) in [5.41, 5.74) is 15.3. The smallest absolute Gasteiger partial charge is 0.164 e. The summed E-state index contributed by atoms with van der Waals surface area (Å²) in [7, 11) is 0. The predicted molar refractivity (Wildman–Crippen MR) is 285 cm³/mol. The van der Waals surface area contributed by atoms with E-state index in [0.717, 1.165) is 55.8 Å². The normalized spacial score (nSPS) is 11.5. The fourth-order valence-corrected chi connectivity index (χ4v) is 11.0. The highest BCUT2D eigenvalue weighted by molar-refractivity contribution is 7.26. The lowest BCUT2D eigenvalue weighted by molar-refractivity contribution is 1.07. The van der Waals surface area contributed by atoms with Gasteiger partial charge in [-0.05, 0) is 105 Å². The maximum Gasteiger partial charge on any atom is 0.164 e. The van der Waals surface area contributed by atoms with Crippen molar-refractivity contribution in [2.45, 2.75) is 0 Å². The molecule has 0 N–H and O–H groups in total. The minimum atomic E-state index is 0.615. The summed E-state index contributed by atoms with van der Waals surface area (Å²) in [5.74, 6) is 1.87. The van der Waals surface area contributed by atoms with Crippen molar-refractivity contribution in [3.05, 3.63) is 243 Å². The summed E-state index contributed by atoms with van der Waals surface area (Å²) in [6.07, 6.45) is 0. The molecule has 4 nitrogen and oxygen atoms in total. The lowest BCUT2D eigenvalue weighted by atomic mass is 9.90. The van der Waals surface area contributed by atoms with Gasteiger partial charge in [-0.1, -0.05) is 182 Å². The molecule has 68 heavy (non-hydrogen) atoms. The standard InChI is InChI=1S/C63H40N4S/c1-6-18-41(19-7-1)47-36-48(42-20-8-2-9-21-42)38-49(37-47)45-30-32-51(54(39-45)63-65-61(43-22-10-3-11-23-43)64-62(66-63)44-24-12-4-13-25-44)46-31-33-53-58(40-46)68-57-35-34-56-59(60(53)57)52-28-16-17-29-55(52)67(56)50-26-14-5-15-27-50/h1-40H. The maximum atomic E-state index is 5.32. The molecule has 13 rings (SSSR count). The van der Waals surface area contributed by atoms with Crippen LogP contribution < -0.4 is 0 Å². The molecule has 0 aliphatic heterocycles. The monoisotopic (exact) mass is 884 g/mol. The van der Waals surface area contributed by atoms with Crippen LogP contribution in [0.4, 0.5) is 0 Å². The van der Waals surface area contributed by atoms with Gasteiger partial charge in [0.2, 0.25) is 0 Å². The van der Waals surface area contributed by atoms with Crippen molar-refractivity contribution in [1.29, 1.82) is 0 Å². The van der Waals surface area contributed by atoms with Crippen LogP contribution in [0.2, 0.25) is 0 Å². The highest BCUT2D eigenvalue weighted by atomic mass is 32.1. The van der Waals surface area contributed by atoms with E-state index in [9.17, 15) is 0 Å². The Bertz CT molecular complexity index is 3880. The Labute approximate surface area is 397 Å². The van der Waals surface area contributed by atoms with Crippen LogP contribution in [0, 0.1) is 0 Å². The third kappa shape index (κ3) is 6.96. The molecule has 3 heterocycles. The number of thiophene rings is 1. The minimum Gasteiger partial charge on any atom is -0.309 e. The van der Waals surface area contributed by atoms with Gasteiger partial charge < -0.3 is 4.57 Å². The van der Waals surface area contributed by atoms with Gasteiger partial charge in [0.1, 0.15) is 0 Å². The van der Waals surface area contributed by atoms with E-state index in [2.05, 4.69) is 211 Å². The molecule has 0 saturated heterocycles. The summed E-state index contributed by atoms with van der Waals surface area (Å²) in [6, 6.07) is 86.4. The Morgan fingerprint density at radius 2 is 0.794 bits per heavy atom. The van der Waals surface area contributed by atoms with Gasteiger partial charge in [0.05, 0.1) is 11.0 Å². The molecule has 0 amide bonds. The number of hydrogen-bond donors (Lipinski definition) is 0. The van der Waals surface area contributed by atoms with Gasteiger partial charge in [-0.2, -0.15) is 0 Å². The second kappa shape index (κ2) is 16.6. The molecule has 0 fully saturated rings. The van der Waals surface area contributed by atoms with E-state index >= 15 is 0 Å². The van der Waals surface area contributed by atoms with Crippen molar-refractivity contribution in [3.8, 4) is 84.4 Å². The zero-order valence-corrected chi connectivity index (χ0v) is 37.6. The molecule has 10 aromatic carbocycles. The van der Waals surface area contributed by atoms with Crippen molar-refractivity contribution in [1.82, 2.24) is 19.5 Å². The van der Waals surface area contributed by atoms with Gasteiger partial charge >= 0.3 is 0 Å². The number of nitrogens with zero attached hydrogens (tertiary/aromatic N) is 4. The SMILES string of the molecule is c1ccc(-c2cc(-c3ccccc3)cc(-c3ccc(-c4ccc5c(c4)sc4ccc6c(c7ccccc7n6-c6ccccc6)c45)c(-c4nc(-c5ccccc5)nc(-c5ccccc5)n4)c3)c2)cc1. The first kappa shape index (κ1) is 39.6. The van der Waals surface area contributed by atoms with Crippen molar-refractivity contribution in [2.75, 3.05) is 0 Å². The molecule has 13 aromatic rings. The third-order valence-electron chi connectivity index (χ3n) is 13.0. The molecule has 0 radical (unpaired) electrons. The molecular weight excluding hydrogens is 845 g/mol. The van der Waals surface area contributed by atoms with Gasteiger partial charge in [0, 0.05) is 53.3 Å². The van der Waals surface area contributed by atoms with E-state index < -0.39 is 0 Å². The summed E-state index contributed by atoms with van der Waals surface area (Å²) in [4.78, 5) is 15.7. The molecule has 318 valence electrons. The van der Waals surface area contributed by atoms with E-state index in [4.69, 9.17) is 15.0 Å². The number of aromatic nitrogens is 4. The minimum absolute atomic E-state index is 0.615. The Morgan fingerprint density at radius 3 is 1.41 bits per heavy atom. The number of hydrogen-bond acceptors (Lipinski definition) is 4. The van der Waals surface area contributed by atoms with Crippen molar-refractivity contribution in [2.24, 2.45) is 0 Å². The first-order chi connectivity index (χ1) is 33.7. The largest absolute Gasteiger partial charge is 0.309 e. The molecule has 0 aliphatic carbocycles. The van der Waals surface area contributed by atoms with E-state index in [-0.39, 0.29) is 0 Å². The van der Waals surface area contributed by atoms with Gasteiger partial charge in [0.25, 0.3) is 0 Å². The van der Waals surface area contributed by atoms with Crippen LogP contribution in [-0.4, -0.2) is 19.5 Å². The van der Waals surface area contributed by atoms with Crippen LogP contribution in [-0.2, 0) is 0 Å². The molecule has 0 spiro atoms. The molecular formula is C63H40N4S. The van der Waals surface area contributed by atoms with Gasteiger partial charge in [-0.25, -0.2) is 15.0 Å². The van der Waals surface area contributed by atoms with Crippen molar-refractivity contribution < 1.29 is 0 Å². The molecule has 0 aliphatic rings. The zero-order chi connectivity index (χ0) is 45.0. The molecule has 0 unspecified atom stereocenters. The fourth-order valence-electron chi connectivity index (χ4n) is 9.83. The lowest BCUT2D eigenvalue weighted by Gasteiger charge is -2.16. The van der Waals surface area contributed by atoms with Crippen LogP contribution in [0.5, 0.6) is 0 Å². The molecule has 0 bridgehead atoms. The average Bonchev–Trinajstić information content (AvgIpc) is 3.97. The molecule has 5 heteroatoms. The van der Waals surface area contributed by atoms with Gasteiger partial charge in [0.15, 0.2) is 17.5 Å². The number of fused-ring (bicyclic) bond motifs is 7. The van der Waals surface area contributed by atoms with E-state index in [1.807, 2.05) is 47.7 Å². The van der Waals surface area contributed by atoms with Crippen LogP contribution in [0.3, 0.4) is 0 Å². The lowest BCUT2D eigenvalue weighted by Crippen LogP contribution is -2.01. The van der Waals surface area contributed by atoms with Gasteiger partial charge in [-0.15, -0.1) is 11.3 Å². The predicted octanol–water partition coefficient (Wildman–Crippen LogP) is 17.0. The summed E-state index contributed by atoms with van der Waals surface area (Å²) in [5, 5.41) is 5.08. The number of rotatable bonds is 8. The van der Waals surface area contributed by atoms with E-state index in [1.165, 1.54) is 53.1 Å². The second-order valence-corrected chi connectivity index (χ2v) is 18.2. The van der Waals surface area contributed by atoms with Crippen LogP contribution in [0.15, 0.2) is 243 Å². The van der Waals surface area contributed by atoms with Crippen molar-refractivity contribution in [3.63, 3.8) is 0 Å². The van der Waals surface area contributed by atoms with Crippen LogP contribution in [0.25, 0.3) is 126 Å². The average molecular weight is 885 g/mol. The van der Waals surface area contributed by atoms with E-state index in [0.29, 0.717) is 17.5 Å².